The first-order valence-electron chi connectivity index (χ1n) is 10.9. The molecule has 35 heavy (non-hydrogen) atoms. The summed E-state index contributed by atoms with van der Waals surface area (Å²) < 4.78 is 6.97. The molecular formula is C26H23N5O3S. The lowest BCUT2D eigenvalue weighted by molar-refractivity contribution is -0.119. The normalized spacial score (nSPS) is 10.4. The maximum Gasteiger partial charge on any atom is 0.358 e. The van der Waals surface area contributed by atoms with Gasteiger partial charge in [-0.15, -0.1) is 11.3 Å². The summed E-state index contributed by atoms with van der Waals surface area (Å²) in [5.74, 6) is -0.909. The van der Waals surface area contributed by atoms with Gasteiger partial charge in [-0.2, -0.15) is 5.26 Å². The third-order valence-electron chi connectivity index (χ3n) is 5.43. The van der Waals surface area contributed by atoms with E-state index in [1.54, 1.807) is 9.95 Å². The highest BCUT2D eigenvalue weighted by Crippen LogP contribution is 2.29. The summed E-state index contributed by atoms with van der Waals surface area (Å²) >= 11 is 1.28. The first-order chi connectivity index (χ1) is 17.0. The van der Waals surface area contributed by atoms with Crippen LogP contribution in [0.3, 0.4) is 0 Å². The molecule has 0 unspecified atom stereocenters. The lowest BCUT2D eigenvalue weighted by Gasteiger charge is -2.13. The largest absolute Gasteiger partial charge is 0.451 e. The number of para-hydroxylation sites is 1. The van der Waals surface area contributed by atoms with Gasteiger partial charge in [-0.1, -0.05) is 48.5 Å². The van der Waals surface area contributed by atoms with Crippen LogP contribution in [0.15, 0.2) is 66.0 Å². The predicted molar refractivity (Wildman–Crippen MR) is 135 cm³/mol. The Morgan fingerprint density at radius 2 is 1.77 bits per heavy atom. The van der Waals surface area contributed by atoms with Crippen LogP contribution < -0.4 is 10.6 Å². The summed E-state index contributed by atoms with van der Waals surface area (Å²) in [4.78, 5) is 29.3. The van der Waals surface area contributed by atoms with Crippen LogP contribution in [0.5, 0.6) is 0 Å². The maximum absolute atomic E-state index is 12.6. The zero-order valence-electron chi connectivity index (χ0n) is 19.2. The molecule has 0 spiro atoms. The molecule has 4 aromatic rings. The van der Waals surface area contributed by atoms with Crippen LogP contribution in [0, 0.1) is 25.2 Å². The summed E-state index contributed by atoms with van der Waals surface area (Å²) in [6, 6.07) is 21.4. The monoisotopic (exact) mass is 485 g/mol. The Kier molecular flexibility index (Phi) is 7.24. The number of nitrogens with one attached hydrogen (secondary N) is 2. The third kappa shape index (κ3) is 5.39. The highest BCUT2D eigenvalue weighted by Gasteiger charge is 2.21. The molecule has 8 nitrogen and oxygen atoms in total. The Balaban J connectivity index is 1.39. The van der Waals surface area contributed by atoms with E-state index in [4.69, 9.17) is 4.74 Å². The van der Waals surface area contributed by atoms with E-state index in [1.807, 2.05) is 74.5 Å². The van der Waals surface area contributed by atoms with Crippen molar-refractivity contribution in [3.63, 3.8) is 0 Å². The first kappa shape index (κ1) is 23.7. The molecule has 0 aliphatic carbocycles. The lowest BCUT2D eigenvalue weighted by Crippen LogP contribution is -2.23. The SMILES string of the molecule is Cc1c(C#N)c(NC(=O)COC(=O)c2csc(NCc3ccccc3)n2)n(-c2ccccc2)c1C. The number of rotatable bonds is 8. The van der Waals surface area contributed by atoms with Crippen molar-refractivity contribution < 1.29 is 14.3 Å². The average molecular weight is 486 g/mol. The summed E-state index contributed by atoms with van der Waals surface area (Å²) in [5, 5.41) is 17.7. The fourth-order valence-corrected chi connectivity index (χ4v) is 4.23. The summed E-state index contributed by atoms with van der Waals surface area (Å²) in [5.41, 5.74) is 3.97. The number of amides is 1. The summed E-state index contributed by atoms with van der Waals surface area (Å²) in [6.07, 6.45) is 0. The average Bonchev–Trinajstić information content (AvgIpc) is 3.45. The van der Waals surface area contributed by atoms with Gasteiger partial charge in [0.1, 0.15) is 11.9 Å². The van der Waals surface area contributed by atoms with Crippen molar-refractivity contribution in [3.8, 4) is 11.8 Å². The summed E-state index contributed by atoms with van der Waals surface area (Å²) in [7, 11) is 0. The molecule has 0 aliphatic rings. The minimum atomic E-state index is -0.699. The number of anilines is 2. The van der Waals surface area contributed by atoms with Crippen molar-refractivity contribution in [2.75, 3.05) is 17.2 Å². The van der Waals surface area contributed by atoms with Gasteiger partial charge in [-0.3, -0.25) is 9.36 Å². The number of ether oxygens (including phenoxy) is 1. The van der Waals surface area contributed by atoms with Crippen molar-refractivity contribution in [1.82, 2.24) is 9.55 Å². The summed E-state index contributed by atoms with van der Waals surface area (Å²) in [6.45, 7) is 3.78. The molecule has 4 rings (SSSR count). The minimum Gasteiger partial charge on any atom is -0.451 e. The lowest BCUT2D eigenvalue weighted by atomic mass is 10.2. The smallest absolute Gasteiger partial charge is 0.358 e. The van der Waals surface area contributed by atoms with E-state index in [9.17, 15) is 14.9 Å². The van der Waals surface area contributed by atoms with Crippen LogP contribution >= 0.6 is 11.3 Å². The number of nitriles is 1. The number of hydrogen-bond acceptors (Lipinski definition) is 7. The van der Waals surface area contributed by atoms with Crippen molar-refractivity contribution >= 4 is 34.2 Å². The molecule has 0 radical (unpaired) electrons. The first-order valence-corrected chi connectivity index (χ1v) is 11.7. The molecule has 0 saturated carbocycles. The number of hydrogen-bond donors (Lipinski definition) is 2. The molecule has 0 atom stereocenters. The van der Waals surface area contributed by atoms with E-state index in [2.05, 4.69) is 21.7 Å². The zero-order chi connectivity index (χ0) is 24.8. The van der Waals surface area contributed by atoms with Gasteiger partial charge in [-0.25, -0.2) is 9.78 Å². The van der Waals surface area contributed by atoms with Crippen molar-refractivity contribution in [1.29, 1.82) is 5.26 Å². The van der Waals surface area contributed by atoms with Crippen molar-refractivity contribution in [2.45, 2.75) is 20.4 Å². The van der Waals surface area contributed by atoms with Gasteiger partial charge in [-0.05, 0) is 37.1 Å². The highest BCUT2D eigenvalue weighted by atomic mass is 32.1. The number of thiazole rings is 1. The van der Waals surface area contributed by atoms with Gasteiger partial charge < -0.3 is 15.4 Å². The van der Waals surface area contributed by atoms with Gasteiger partial charge in [0.2, 0.25) is 0 Å². The topological polar surface area (TPSA) is 109 Å². The van der Waals surface area contributed by atoms with Gasteiger partial charge in [0.05, 0.1) is 5.56 Å². The van der Waals surface area contributed by atoms with Gasteiger partial charge in [0.25, 0.3) is 5.91 Å². The van der Waals surface area contributed by atoms with Gasteiger partial charge in [0, 0.05) is 23.3 Å². The minimum absolute atomic E-state index is 0.121. The van der Waals surface area contributed by atoms with Crippen molar-refractivity contribution in [3.05, 3.63) is 94.1 Å². The molecule has 0 fully saturated rings. The molecule has 0 saturated heterocycles. The number of esters is 1. The molecule has 2 N–H and O–H groups in total. The fourth-order valence-electron chi connectivity index (χ4n) is 3.56. The van der Waals surface area contributed by atoms with E-state index in [1.165, 1.54) is 11.3 Å². The quantitative estimate of drug-likeness (QED) is 0.346. The van der Waals surface area contributed by atoms with E-state index in [0.29, 0.717) is 23.1 Å². The molecule has 2 heterocycles. The molecule has 176 valence electrons. The fraction of sp³-hybridized carbons (Fsp3) is 0.154. The van der Waals surface area contributed by atoms with Crippen LogP contribution in [0.4, 0.5) is 10.9 Å². The maximum atomic E-state index is 12.6. The third-order valence-corrected chi connectivity index (χ3v) is 6.23. The second kappa shape index (κ2) is 10.7. The van der Waals surface area contributed by atoms with Crippen LogP contribution in [0.1, 0.15) is 32.9 Å². The Morgan fingerprint density at radius 3 is 2.46 bits per heavy atom. The van der Waals surface area contributed by atoms with E-state index < -0.39 is 18.5 Å². The van der Waals surface area contributed by atoms with Gasteiger partial charge >= 0.3 is 5.97 Å². The predicted octanol–water partition coefficient (Wildman–Crippen LogP) is 4.83. The Hall–Kier alpha value is -4.42. The molecule has 9 heteroatoms. The van der Waals surface area contributed by atoms with E-state index in [-0.39, 0.29) is 5.69 Å². The molecule has 2 aromatic carbocycles. The highest BCUT2D eigenvalue weighted by molar-refractivity contribution is 7.13. The van der Waals surface area contributed by atoms with Crippen LogP contribution in [0.25, 0.3) is 5.69 Å². The number of benzene rings is 2. The molecule has 1 amide bonds. The van der Waals surface area contributed by atoms with Crippen LogP contribution in [0.2, 0.25) is 0 Å². The molecule has 2 aromatic heterocycles. The second-order valence-electron chi connectivity index (χ2n) is 7.72. The van der Waals surface area contributed by atoms with Crippen LogP contribution in [-0.2, 0) is 16.1 Å². The molecule has 0 aliphatic heterocycles. The standard InChI is InChI=1S/C26H23N5O3S/c1-17-18(2)31(20-11-7-4-8-12-20)24(21(17)13-27)30-23(32)15-34-25(33)22-16-35-26(29-22)28-14-19-9-5-3-6-10-19/h3-12,16H,14-15H2,1-2H3,(H,28,29)(H,30,32). The van der Waals surface area contributed by atoms with Gasteiger partial charge in [0.15, 0.2) is 17.4 Å². The zero-order valence-corrected chi connectivity index (χ0v) is 20.1. The van der Waals surface area contributed by atoms with E-state index >= 15 is 0 Å². The molecular weight excluding hydrogens is 462 g/mol. The number of carbonyl (C=O) groups is 2. The number of nitrogens with zero attached hydrogens (tertiary/aromatic N) is 3. The Bertz CT molecular complexity index is 1390. The molecule has 0 bridgehead atoms. The Morgan fingerprint density at radius 1 is 1.09 bits per heavy atom. The Labute approximate surface area is 206 Å². The number of carbonyl (C=O) groups excluding carboxylic acids is 2. The number of aromatic nitrogens is 2. The van der Waals surface area contributed by atoms with Crippen LogP contribution in [-0.4, -0.2) is 28.0 Å². The second-order valence-corrected chi connectivity index (χ2v) is 8.58. The van der Waals surface area contributed by atoms with E-state index in [0.717, 1.165) is 22.5 Å². The van der Waals surface area contributed by atoms with Crippen molar-refractivity contribution in [2.24, 2.45) is 0 Å².